The van der Waals surface area contributed by atoms with E-state index < -0.39 is 53.6 Å². The highest BCUT2D eigenvalue weighted by molar-refractivity contribution is 6.00. The van der Waals surface area contributed by atoms with E-state index in [0.717, 1.165) is 16.5 Å². The van der Waals surface area contributed by atoms with Crippen LogP contribution in [0.4, 0.5) is 10.5 Å². The third-order valence-electron chi connectivity index (χ3n) is 8.71. The minimum atomic E-state index is -1.29. The molecule has 0 bridgehead atoms. The minimum absolute atomic E-state index is 0.0216. The summed E-state index contributed by atoms with van der Waals surface area (Å²) in [6, 6.07) is 16.1. The van der Waals surface area contributed by atoms with Gasteiger partial charge < -0.3 is 30.3 Å². The summed E-state index contributed by atoms with van der Waals surface area (Å²) in [5.41, 5.74) is 1.39. The van der Waals surface area contributed by atoms with Gasteiger partial charge in [-0.15, -0.1) is 0 Å². The van der Waals surface area contributed by atoms with Crippen molar-refractivity contribution in [3.05, 3.63) is 72.4 Å². The lowest BCUT2D eigenvalue weighted by Gasteiger charge is -2.43. The molecule has 2 aromatic carbocycles. The Labute approximate surface area is 286 Å². The van der Waals surface area contributed by atoms with Crippen molar-refractivity contribution in [3.8, 4) is 0 Å². The number of carbonyl (C=O) groups is 4. The fraction of sp³-hybridized carbons (Fsp3) is 0.444. The summed E-state index contributed by atoms with van der Waals surface area (Å²) in [4.78, 5) is 63.6. The first kappa shape index (κ1) is 35.3. The van der Waals surface area contributed by atoms with Crippen LogP contribution < -0.4 is 10.6 Å². The number of pyridine rings is 1. The SMILES string of the molecule is CC(=N)N1CCN(C(=O)OC(C)(C)C)C(C(=O)N2C[C@H](NC(=O)[C@H](O)CCc3ccccc3)C[C@H]2C(=O)Nc2cnc3ccccc3c2)C1. The monoisotopic (exact) mass is 671 g/mol. The summed E-state index contributed by atoms with van der Waals surface area (Å²) in [7, 11) is 0. The Balaban J connectivity index is 1.37. The van der Waals surface area contributed by atoms with Crippen molar-refractivity contribution in [2.24, 2.45) is 0 Å². The second-order valence-electron chi connectivity index (χ2n) is 13.6. The number of rotatable bonds is 8. The van der Waals surface area contributed by atoms with Crippen LogP contribution in [0, 0.1) is 5.41 Å². The molecule has 0 aliphatic carbocycles. The second-order valence-corrected chi connectivity index (χ2v) is 13.6. The molecule has 2 aliphatic heterocycles. The van der Waals surface area contributed by atoms with Gasteiger partial charge in [0.25, 0.3) is 0 Å². The number of anilines is 1. The molecule has 13 heteroatoms. The van der Waals surface area contributed by atoms with Gasteiger partial charge in [-0.2, -0.15) is 0 Å². The fourth-order valence-corrected chi connectivity index (χ4v) is 6.20. The number of aromatic nitrogens is 1. The van der Waals surface area contributed by atoms with Crippen molar-refractivity contribution in [1.29, 1.82) is 5.41 Å². The zero-order chi connectivity index (χ0) is 35.3. The quantitative estimate of drug-likeness (QED) is 0.209. The van der Waals surface area contributed by atoms with Gasteiger partial charge in [-0.1, -0.05) is 48.5 Å². The van der Waals surface area contributed by atoms with Crippen molar-refractivity contribution >= 4 is 46.2 Å². The predicted octanol–water partition coefficient (Wildman–Crippen LogP) is 3.17. The number of benzene rings is 2. The van der Waals surface area contributed by atoms with E-state index in [9.17, 15) is 24.3 Å². The Morgan fingerprint density at radius 3 is 2.43 bits per heavy atom. The normalized spacial score (nSPS) is 20.1. The van der Waals surface area contributed by atoms with Crippen LogP contribution in [0.3, 0.4) is 0 Å². The summed E-state index contributed by atoms with van der Waals surface area (Å²) in [6.45, 7) is 7.34. The number of fused-ring (bicyclic) bond motifs is 1. The zero-order valence-electron chi connectivity index (χ0n) is 28.4. The highest BCUT2D eigenvalue weighted by Gasteiger charge is 2.46. The number of hydrogen-bond donors (Lipinski definition) is 4. The third kappa shape index (κ3) is 8.91. The number of hydrogen-bond acceptors (Lipinski definition) is 8. The van der Waals surface area contributed by atoms with E-state index in [1.165, 1.54) is 9.80 Å². The Morgan fingerprint density at radius 2 is 1.71 bits per heavy atom. The molecule has 5 rings (SSSR count). The van der Waals surface area contributed by atoms with Crippen molar-refractivity contribution in [2.45, 2.75) is 76.8 Å². The molecule has 13 nitrogen and oxygen atoms in total. The summed E-state index contributed by atoms with van der Waals surface area (Å²) >= 11 is 0. The number of nitrogens with one attached hydrogen (secondary N) is 3. The lowest BCUT2D eigenvalue weighted by Crippen LogP contribution is -2.63. The Hall–Kier alpha value is -5.04. The third-order valence-corrected chi connectivity index (χ3v) is 8.71. The molecule has 0 radical (unpaired) electrons. The van der Waals surface area contributed by atoms with Crippen LogP contribution in [0.2, 0.25) is 0 Å². The second kappa shape index (κ2) is 15.0. The van der Waals surface area contributed by atoms with Crippen LogP contribution in [0.25, 0.3) is 10.9 Å². The molecule has 4 amide bonds. The first-order chi connectivity index (χ1) is 23.3. The standard InChI is InChI=1S/C36H45N7O6/c1-23(37)41-16-17-42(35(48)49-36(2,3)4)30(22-41)34(47)43-21-27(40-33(46)31(44)15-14-24-10-6-5-7-11-24)19-29(43)32(45)39-26-18-25-12-8-9-13-28(25)38-20-26/h5-13,18,20,27,29-31,37,44H,14-17,19,21-22H2,1-4H3,(H,39,45)(H,40,46)/t27-,29+,30?,31-/m1/s1. The van der Waals surface area contributed by atoms with Crippen molar-refractivity contribution in [2.75, 3.05) is 31.5 Å². The van der Waals surface area contributed by atoms with E-state index in [-0.39, 0.29) is 38.3 Å². The van der Waals surface area contributed by atoms with Gasteiger partial charge in [0.15, 0.2) is 0 Å². The van der Waals surface area contributed by atoms with Gasteiger partial charge in [0.2, 0.25) is 17.7 Å². The van der Waals surface area contributed by atoms with E-state index in [1.54, 1.807) is 44.9 Å². The largest absolute Gasteiger partial charge is 0.444 e. The van der Waals surface area contributed by atoms with Gasteiger partial charge >= 0.3 is 6.09 Å². The van der Waals surface area contributed by atoms with E-state index in [2.05, 4.69) is 15.6 Å². The molecule has 1 unspecified atom stereocenters. The van der Waals surface area contributed by atoms with Gasteiger partial charge in [0.05, 0.1) is 23.2 Å². The maximum absolute atomic E-state index is 14.4. The number of likely N-dealkylation sites (tertiary alicyclic amines) is 1. The first-order valence-corrected chi connectivity index (χ1v) is 16.6. The smallest absolute Gasteiger partial charge is 0.411 e. The molecule has 49 heavy (non-hydrogen) atoms. The average molecular weight is 672 g/mol. The molecule has 4 atom stereocenters. The number of aliphatic hydroxyl groups is 1. The topological polar surface area (TPSA) is 168 Å². The number of aliphatic hydroxyl groups excluding tert-OH is 1. The molecule has 3 heterocycles. The summed E-state index contributed by atoms with van der Waals surface area (Å²) in [5.74, 6) is -1.33. The molecule has 4 N–H and O–H groups in total. The number of para-hydroxylation sites is 1. The van der Waals surface area contributed by atoms with Crippen LogP contribution in [-0.2, 0) is 25.5 Å². The number of amidine groups is 1. The highest BCUT2D eigenvalue weighted by Crippen LogP contribution is 2.26. The molecular formula is C36H45N7O6. The number of carbonyl (C=O) groups excluding carboxylic acids is 4. The average Bonchev–Trinajstić information content (AvgIpc) is 3.50. The van der Waals surface area contributed by atoms with Gasteiger partial charge in [0.1, 0.15) is 23.8 Å². The maximum atomic E-state index is 14.4. The number of amides is 4. The summed E-state index contributed by atoms with van der Waals surface area (Å²) in [6.07, 6.45) is 0.381. The molecule has 260 valence electrons. The molecule has 2 aliphatic rings. The molecule has 3 aromatic rings. The zero-order valence-corrected chi connectivity index (χ0v) is 28.4. The molecule has 2 saturated heterocycles. The number of ether oxygens (including phenoxy) is 1. The summed E-state index contributed by atoms with van der Waals surface area (Å²) in [5, 5.41) is 25.4. The minimum Gasteiger partial charge on any atom is -0.444 e. The van der Waals surface area contributed by atoms with E-state index in [4.69, 9.17) is 10.1 Å². The maximum Gasteiger partial charge on any atom is 0.411 e. The van der Waals surface area contributed by atoms with Crippen molar-refractivity contribution in [1.82, 2.24) is 25.0 Å². The van der Waals surface area contributed by atoms with Crippen LogP contribution in [0.1, 0.15) is 46.1 Å². The molecular weight excluding hydrogens is 626 g/mol. The number of piperazine rings is 1. The summed E-state index contributed by atoms with van der Waals surface area (Å²) < 4.78 is 5.63. The van der Waals surface area contributed by atoms with Crippen LogP contribution in [-0.4, -0.2) is 110 Å². The Bertz CT molecular complexity index is 1690. The number of aryl methyl sites for hydroxylation is 1. The molecule has 1 aromatic heterocycles. The van der Waals surface area contributed by atoms with Gasteiger partial charge in [-0.25, -0.2) is 4.79 Å². The van der Waals surface area contributed by atoms with Crippen molar-refractivity contribution in [3.63, 3.8) is 0 Å². The van der Waals surface area contributed by atoms with E-state index in [0.29, 0.717) is 18.7 Å². The van der Waals surface area contributed by atoms with Crippen LogP contribution in [0.15, 0.2) is 66.9 Å². The van der Waals surface area contributed by atoms with Gasteiger partial charge in [-0.05, 0) is 64.7 Å². The first-order valence-electron chi connectivity index (χ1n) is 16.6. The molecule has 0 spiro atoms. The van der Waals surface area contributed by atoms with Gasteiger partial charge in [0, 0.05) is 37.6 Å². The van der Waals surface area contributed by atoms with Crippen LogP contribution >= 0.6 is 0 Å². The lowest BCUT2D eigenvalue weighted by atomic mass is 10.1. The number of nitrogens with zero attached hydrogens (tertiary/aromatic N) is 4. The molecule has 0 saturated carbocycles. The van der Waals surface area contributed by atoms with E-state index in [1.807, 2.05) is 54.6 Å². The fourth-order valence-electron chi connectivity index (χ4n) is 6.20. The molecule has 2 fully saturated rings. The Morgan fingerprint density at radius 1 is 1.00 bits per heavy atom. The van der Waals surface area contributed by atoms with Crippen LogP contribution in [0.5, 0.6) is 0 Å². The van der Waals surface area contributed by atoms with Gasteiger partial charge in [-0.3, -0.25) is 29.7 Å². The highest BCUT2D eigenvalue weighted by atomic mass is 16.6. The lowest BCUT2D eigenvalue weighted by molar-refractivity contribution is -0.142. The van der Waals surface area contributed by atoms with E-state index >= 15 is 0 Å². The Kier molecular flexibility index (Phi) is 10.8. The predicted molar refractivity (Wildman–Crippen MR) is 185 cm³/mol. The van der Waals surface area contributed by atoms with Crippen molar-refractivity contribution < 1.29 is 29.0 Å².